The van der Waals surface area contributed by atoms with Gasteiger partial charge in [-0.05, 0) is 43.7 Å². The van der Waals surface area contributed by atoms with E-state index in [1.54, 1.807) is 50.5 Å². The number of pyridine rings is 1. The Hall–Kier alpha value is -2.43. The van der Waals surface area contributed by atoms with Crippen LogP contribution in [0.3, 0.4) is 0 Å². The summed E-state index contributed by atoms with van der Waals surface area (Å²) in [5.41, 5.74) is -0.172. The summed E-state index contributed by atoms with van der Waals surface area (Å²) in [6.45, 7) is 4.24. The lowest BCUT2D eigenvalue weighted by molar-refractivity contribution is -0.125. The molecule has 1 N–H and O–H groups in total. The summed E-state index contributed by atoms with van der Waals surface area (Å²) in [6.07, 6.45) is 3.27. The van der Waals surface area contributed by atoms with Crippen LogP contribution >= 0.6 is 0 Å². The second kappa shape index (κ2) is 7.02. The van der Waals surface area contributed by atoms with Gasteiger partial charge in [0.15, 0.2) is 0 Å². The molecule has 22 heavy (non-hydrogen) atoms. The zero-order valence-corrected chi connectivity index (χ0v) is 12.7. The Morgan fingerprint density at radius 2 is 2.14 bits per heavy atom. The third-order valence-corrected chi connectivity index (χ3v) is 3.40. The maximum absolute atomic E-state index is 13.3. The molecular formula is C17H19FN2O2. The highest BCUT2D eigenvalue weighted by atomic mass is 19.1. The monoisotopic (exact) mass is 302 g/mol. The molecule has 4 nitrogen and oxygen atoms in total. The largest absolute Gasteiger partial charge is 0.490 e. The van der Waals surface area contributed by atoms with Gasteiger partial charge in [-0.25, -0.2) is 4.39 Å². The molecule has 0 radical (unpaired) electrons. The van der Waals surface area contributed by atoms with Crippen molar-refractivity contribution in [2.75, 3.05) is 13.2 Å². The lowest BCUT2D eigenvalue weighted by Crippen LogP contribution is -2.41. The predicted molar refractivity (Wildman–Crippen MR) is 82.2 cm³/mol. The first-order valence-corrected chi connectivity index (χ1v) is 7.07. The van der Waals surface area contributed by atoms with Crippen LogP contribution in [0.1, 0.15) is 19.4 Å². The van der Waals surface area contributed by atoms with Gasteiger partial charge in [-0.2, -0.15) is 0 Å². The molecular weight excluding hydrogens is 283 g/mol. The quantitative estimate of drug-likeness (QED) is 0.835. The number of aromatic nitrogens is 1. The highest BCUT2D eigenvalue weighted by Crippen LogP contribution is 2.23. The van der Waals surface area contributed by atoms with Gasteiger partial charge in [0.25, 0.3) is 0 Å². The van der Waals surface area contributed by atoms with Gasteiger partial charge in [0.05, 0.1) is 18.2 Å². The van der Waals surface area contributed by atoms with Crippen LogP contribution in [0.4, 0.5) is 4.39 Å². The van der Waals surface area contributed by atoms with Gasteiger partial charge in [0, 0.05) is 6.20 Å². The zero-order chi connectivity index (χ0) is 16.0. The van der Waals surface area contributed by atoms with Crippen molar-refractivity contribution in [3.8, 4) is 5.75 Å². The number of halogens is 1. The average Bonchev–Trinajstić information content (AvgIpc) is 2.52. The molecule has 1 aromatic carbocycles. The molecule has 0 fully saturated rings. The SMILES string of the molecule is CC(C)(C(=O)NCCOc1cccnc1)c1cccc(F)c1. The average molecular weight is 302 g/mol. The smallest absolute Gasteiger partial charge is 0.230 e. The molecule has 1 amide bonds. The Morgan fingerprint density at radius 3 is 2.82 bits per heavy atom. The highest BCUT2D eigenvalue weighted by molar-refractivity contribution is 5.87. The van der Waals surface area contributed by atoms with Gasteiger partial charge in [0.2, 0.25) is 5.91 Å². The van der Waals surface area contributed by atoms with Crippen LogP contribution in [0.2, 0.25) is 0 Å². The van der Waals surface area contributed by atoms with E-state index in [1.165, 1.54) is 12.1 Å². The molecule has 0 saturated carbocycles. The fraction of sp³-hybridized carbons (Fsp3) is 0.294. The van der Waals surface area contributed by atoms with E-state index in [2.05, 4.69) is 10.3 Å². The number of benzene rings is 1. The number of nitrogens with zero attached hydrogens (tertiary/aromatic N) is 1. The van der Waals surface area contributed by atoms with Crippen molar-refractivity contribution < 1.29 is 13.9 Å². The number of hydrogen-bond acceptors (Lipinski definition) is 3. The first-order valence-electron chi connectivity index (χ1n) is 7.07. The van der Waals surface area contributed by atoms with Gasteiger partial charge >= 0.3 is 0 Å². The molecule has 1 aromatic heterocycles. The zero-order valence-electron chi connectivity index (χ0n) is 12.7. The number of amides is 1. The van der Waals surface area contributed by atoms with Gasteiger partial charge in [-0.3, -0.25) is 9.78 Å². The molecule has 2 rings (SSSR count). The number of rotatable bonds is 6. The van der Waals surface area contributed by atoms with Crippen LogP contribution in [0.25, 0.3) is 0 Å². The van der Waals surface area contributed by atoms with Crippen LogP contribution in [-0.4, -0.2) is 24.0 Å². The molecule has 2 aromatic rings. The first kappa shape index (κ1) is 15.9. The summed E-state index contributed by atoms with van der Waals surface area (Å²) in [6, 6.07) is 9.66. The number of nitrogens with one attached hydrogen (secondary N) is 1. The van der Waals surface area contributed by atoms with Crippen molar-refractivity contribution in [2.45, 2.75) is 19.3 Å². The molecule has 5 heteroatoms. The molecule has 0 aliphatic rings. The van der Waals surface area contributed by atoms with E-state index in [-0.39, 0.29) is 11.7 Å². The molecule has 0 unspecified atom stereocenters. The molecule has 0 spiro atoms. The molecule has 1 heterocycles. The van der Waals surface area contributed by atoms with Crippen molar-refractivity contribution in [1.82, 2.24) is 10.3 Å². The van der Waals surface area contributed by atoms with Gasteiger partial charge in [-0.1, -0.05) is 12.1 Å². The second-order valence-corrected chi connectivity index (χ2v) is 5.43. The van der Waals surface area contributed by atoms with E-state index in [4.69, 9.17) is 4.74 Å². The number of ether oxygens (including phenoxy) is 1. The van der Waals surface area contributed by atoms with E-state index in [0.29, 0.717) is 24.5 Å². The topological polar surface area (TPSA) is 51.2 Å². The summed E-state index contributed by atoms with van der Waals surface area (Å²) >= 11 is 0. The van der Waals surface area contributed by atoms with Crippen molar-refractivity contribution >= 4 is 5.91 Å². The Bertz CT molecular complexity index is 630. The fourth-order valence-electron chi connectivity index (χ4n) is 2.00. The third kappa shape index (κ3) is 4.04. The number of hydrogen-bond donors (Lipinski definition) is 1. The van der Waals surface area contributed by atoms with E-state index >= 15 is 0 Å². The van der Waals surface area contributed by atoms with Crippen molar-refractivity contribution in [3.05, 3.63) is 60.2 Å². The van der Waals surface area contributed by atoms with Crippen molar-refractivity contribution in [3.63, 3.8) is 0 Å². The molecule has 116 valence electrons. The number of carbonyl (C=O) groups excluding carboxylic acids is 1. The molecule has 0 bridgehead atoms. The predicted octanol–water partition coefficient (Wildman–Crippen LogP) is 2.69. The minimum atomic E-state index is -0.809. The summed E-state index contributed by atoms with van der Waals surface area (Å²) in [7, 11) is 0. The molecule has 0 aliphatic carbocycles. The summed E-state index contributed by atoms with van der Waals surface area (Å²) in [5, 5.41) is 2.80. The Balaban J connectivity index is 1.86. The van der Waals surface area contributed by atoms with Crippen LogP contribution < -0.4 is 10.1 Å². The number of carbonyl (C=O) groups is 1. The van der Waals surface area contributed by atoms with Gasteiger partial charge < -0.3 is 10.1 Å². The van der Waals surface area contributed by atoms with Crippen LogP contribution in [0.15, 0.2) is 48.8 Å². The van der Waals surface area contributed by atoms with Crippen molar-refractivity contribution in [2.24, 2.45) is 0 Å². The third-order valence-electron chi connectivity index (χ3n) is 3.40. The van der Waals surface area contributed by atoms with Gasteiger partial charge in [-0.15, -0.1) is 0 Å². The maximum Gasteiger partial charge on any atom is 0.230 e. The van der Waals surface area contributed by atoms with E-state index in [9.17, 15) is 9.18 Å². The summed E-state index contributed by atoms with van der Waals surface area (Å²) in [4.78, 5) is 16.2. The Kier molecular flexibility index (Phi) is 5.09. The van der Waals surface area contributed by atoms with Crippen LogP contribution in [-0.2, 0) is 10.2 Å². The van der Waals surface area contributed by atoms with Crippen LogP contribution in [0, 0.1) is 5.82 Å². The standard InChI is InChI=1S/C17H19FN2O2/c1-17(2,13-5-3-6-14(18)11-13)16(21)20-9-10-22-15-7-4-8-19-12-15/h3-8,11-12H,9-10H2,1-2H3,(H,20,21). The Labute approximate surface area is 129 Å². The first-order chi connectivity index (χ1) is 10.5. The maximum atomic E-state index is 13.3. The lowest BCUT2D eigenvalue weighted by Gasteiger charge is -2.24. The molecule has 0 saturated heterocycles. The van der Waals surface area contributed by atoms with E-state index in [1.807, 2.05) is 0 Å². The molecule has 0 atom stereocenters. The summed E-state index contributed by atoms with van der Waals surface area (Å²) < 4.78 is 18.8. The van der Waals surface area contributed by atoms with E-state index < -0.39 is 5.41 Å². The van der Waals surface area contributed by atoms with Gasteiger partial charge in [0.1, 0.15) is 18.2 Å². The fourth-order valence-corrected chi connectivity index (χ4v) is 2.00. The minimum absolute atomic E-state index is 0.173. The van der Waals surface area contributed by atoms with Crippen LogP contribution in [0.5, 0.6) is 5.75 Å². The minimum Gasteiger partial charge on any atom is -0.490 e. The normalized spacial score (nSPS) is 11.0. The Morgan fingerprint density at radius 1 is 1.32 bits per heavy atom. The molecule has 0 aliphatic heterocycles. The lowest BCUT2D eigenvalue weighted by atomic mass is 9.83. The highest BCUT2D eigenvalue weighted by Gasteiger charge is 2.29. The second-order valence-electron chi connectivity index (χ2n) is 5.43. The summed E-state index contributed by atoms with van der Waals surface area (Å²) in [5.74, 6) is 0.132. The van der Waals surface area contributed by atoms with Crippen molar-refractivity contribution in [1.29, 1.82) is 0 Å². The van der Waals surface area contributed by atoms with E-state index in [0.717, 1.165) is 0 Å².